The van der Waals surface area contributed by atoms with E-state index in [9.17, 15) is 19.1 Å². The summed E-state index contributed by atoms with van der Waals surface area (Å²) in [6.07, 6.45) is 0.883. The van der Waals surface area contributed by atoms with E-state index in [0.717, 1.165) is 6.42 Å². The number of likely N-dealkylation sites (N-methyl/N-ethyl adjacent to an activating group) is 1. The van der Waals surface area contributed by atoms with Crippen molar-refractivity contribution in [2.24, 2.45) is 0 Å². The highest BCUT2D eigenvalue weighted by molar-refractivity contribution is 6.46. The molecule has 0 radical (unpaired) electrons. The van der Waals surface area contributed by atoms with Crippen molar-refractivity contribution in [1.29, 1.82) is 0 Å². The van der Waals surface area contributed by atoms with Crippen LogP contribution >= 0.6 is 0 Å². The van der Waals surface area contributed by atoms with Crippen LogP contribution in [0.5, 0.6) is 5.75 Å². The van der Waals surface area contributed by atoms with E-state index < -0.39 is 23.5 Å². The molecule has 1 saturated heterocycles. The zero-order valence-corrected chi connectivity index (χ0v) is 15.1. The summed E-state index contributed by atoms with van der Waals surface area (Å²) in [6, 6.07) is 11.4. The fraction of sp³-hybridized carbons (Fsp3) is 0.238. The minimum Gasteiger partial charge on any atom is -0.507 e. The third-order valence-electron chi connectivity index (χ3n) is 4.46. The fourth-order valence-electron chi connectivity index (χ4n) is 3.07. The van der Waals surface area contributed by atoms with Gasteiger partial charge in [0.15, 0.2) is 0 Å². The van der Waals surface area contributed by atoms with E-state index in [1.165, 1.54) is 36.2 Å². The molecular formula is C21H20FNO4. The molecule has 1 unspecified atom stereocenters. The van der Waals surface area contributed by atoms with Crippen LogP contribution in [0.3, 0.4) is 0 Å². The van der Waals surface area contributed by atoms with Crippen LogP contribution in [0.1, 0.15) is 30.5 Å². The highest BCUT2D eigenvalue weighted by Crippen LogP contribution is 2.38. The number of ketones is 1. The van der Waals surface area contributed by atoms with E-state index in [-0.39, 0.29) is 16.9 Å². The number of rotatable bonds is 5. The Labute approximate surface area is 156 Å². The van der Waals surface area contributed by atoms with Crippen LogP contribution in [0.15, 0.2) is 54.1 Å². The number of amides is 1. The molecule has 1 aliphatic heterocycles. The number of aliphatic hydroxyl groups excluding tert-OH is 1. The Bertz CT molecular complexity index is 887. The third-order valence-corrected chi connectivity index (χ3v) is 4.46. The van der Waals surface area contributed by atoms with Gasteiger partial charge in [-0.2, -0.15) is 0 Å². The Morgan fingerprint density at radius 1 is 1.11 bits per heavy atom. The monoisotopic (exact) mass is 369 g/mol. The molecule has 1 aliphatic rings. The van der Waals surface area contributed by atoms with Crippen molar-refractivity contribution in [3.8, 4) is 5.75 Å². The average molecular weight is 369 g/mol. The van der Waals surface area contributed by atoms with Gasteiger partial charge in [-0.05, 0) is 48.4 Å². The second-order valence-corrected chi connectivity index (χ2v) is 6.33. The summed E-state index contributed by atoms with van der Waals surface area (Å²) in [6.45, 7) is 2.60. The number of likely N-dealkylation sites (tertiary alicyclic amines) is 1. The molecule has 1 heterocycles. The first-order valence-electron chi connectivity index (χ1n) is 8.67. The van der Waals surface area contributed by atoms with Gasteiger partial charge in [0.1, 0.15) is 17.3 Å². The number of halogens is 1. The number of ether oxygens (including phenoxy) is 1. The zero-order valence-electron chi connectivity index (χ0n) is 15.1. The van der Waals surface area contributed by atoms with Crippen molar-refractivity contribution in [3.05, 3.63) is 71.0 Å². The lowest BCUT2D eigenvalue weighted by molar-refractivity contribution is -0.139. The van der Waals surface area contributed by atoms with E-state index in [1.807, 2.05) is 6.92 Å². The molecule has 27 heavy (non-hydrogen) atoms. The second kappa shape index (κ2) is 7.61. The summed E-state index contributed by atoms with van der Waals surface area (Å²) < 4.78 is 18.7. The zero-order chi connectivity index (χ0) is 19.6. The molecule has 6 heteroatoms. The first kappa shape index (κ1) is 18.6. The van der Waals surface area contributed by atoms with Crippen LogP contribution < -0.4 is 4.74 Å². The lowest BCUT2D eigenvalue weighted by Gasteiger charge is -2.21. The van der Waals surface area contributed by atoms with Gasteiger partial charge in [0, 0.05) is 12.6 Å². The molecule has 0 saturated carbocycles. The molecule has 1 amide bonds. The third kappa shape index (κ3) is 3.56. The Hall–Kier alpha value is -3.15. The number of nitrogens with zero attached hydrogens (tertiary/aromatic N) is 1. The summed E-state index contributed by atoms with van der Waals surface area (Å²) in [5.74, 6) is -1.56. The molecule has 140 valence electrons. The molecule has 5 nitrogen and oxygen atoms in total. The lowest BCUT2D eigenvalue weighted by atomic mass is 9.95. The van der Waals surface area contributed by atoms with E-state index in [1.54, 1.807) is 24.3 Å². The van der Waals surface area contributed by atoms with Gasteiger partial charge in [0.2, 0.25) is 0 Å². The lowest BCUT2D eigenvalue weighted by Crippen LogP contribution is -2.24. The van der Waals surface area contributed by atoms with Crippen LogP contribution in [0.4, 0.5) is 4.39 Å². The maximum atomic E-state index is 13.2. The Kier molecular flexibility index (Phi) is 5.26. The molecule has 2 aromatic rings. The number of benzene rings is 2. The number of carbonyl (C=O) groups excluding carboxylic acids is 2. The minimum atomic E-state index is -0.768. The normalized spacial score (nSPS) is 18.8. The van der Waals surface area contributed by atoms with Crippen LogP contribution in [0.25, 0.3) is 5.76 Å². The van der Waals surface area contributed by atoms with Gasteiger partial charge in [-0.25, -0.2) is 4.39 Å². The van der Waals surface area contributed by atoms with Gasteiger partial charge >= 0.3 is 0 Å². The van der Waals surface area contributed by atoms with Crippen molar-refractivity contribution in [2.45, 2.75) is 19.4 Å². The second-order valence-electron chi connectivity index (χ2n) is 6.33. The fourth-order valence-corrected chi connectivity index (χ4v) is 3.07. The highest BCUT2D eigenvalue weighted by Gasteiger charge is 2.44. The summed E-state index contributed by atoms with van der Waals surface area (Å²) in [5, 5.41) is 10.7. The Morgan fingerprint density at radius 3 is 2.33 bits per heavy atom. The molecule has 2 aromatic carbocycles. The van der Waals surface area contributed by atoms with Crippen molar-refractivity contribution in [2.75, 3.05) is 13.7 Å². The summed E-state index contributed by atoms with van der Waals surface area (Å²) in [5.41, 5.74) is 0.927. The van der Waals surface area contributed by atoms with Crippen LogP contribution in [0, 0.1) is 5.82 Å². The van der Waals surface area contributed by atoms with E-state index in [2.05, 4.69) is 0 Å². The topological polar surface area (TPSA) is 66.8 Å². The van der Waals surface area contributed by atoms with E-state index in [4.69, 9.17) is 4.74 Å². The molecule has 0 aliphatic carbocycles. The SMILES string of the molecule is CCCOc1ccc(C2/C(=C(\O)c3ccc(F)cc3)C(=O)C(=O)N2C)cc1. The maximum absolute atomic E-state index is 13.2. The first-order chi connectivity index (χ1) is 12.9. The van der Waals surface area contributed by atoms with Gasteiger partial charge < -0.3 is 14.7 Å². The Balaban J connectivity index is 2.03. The van der Waals surface area contributed by atoms with Crippen molar-refractivity contribution in [3.63, 3.8) is 0 Å². The molecule has 1 N–H and O–H groups in total. The van der Waals surface area contributed by atoms with Crippen LogP contribution in [-0.2, 0) is 9.59 Å². The molecular weight excluding hydrogens is 349 g/mol. The van der Waals surface area contributed by atoms with Gasteiger partial charge in [-0.3, -0.25) is 9.59 Å². The maximum Gasteiger partial charge on any atom is 0.295 e. The smallest absolute Gasteiger partial charge is 0.295 e. The number of aliphatic hydroxyl groups is 1. The molecule has 1 fully saturated rings. The molecule has 3 rings (SSSR count). The number of Topliss-reactive ketones (excluding diaryl/α,β-unsaturated/α-hetero) is 1. The number of hydrogen-bond donors (Lipinski definition) is 1. The first-order valence-corrected chi connectivity index (χ1v) is 8.67. The van der Waals surface area contributed by atoms with Gasteiger partial charge in [-0.1, -0.05) is 19.1 Å². The van der Waals surface area contributed by atoms with Crippen LogP contribution in [-0.4, -0.2) is 35.4 Å². The standard InChI is InChI=1S/C21H20FNO4/c1-3-12-27-16-10-6-13(7-11-16)18-17(20(25)21(26)23(18)2)19(24)14-4-8-15(22)9-5-14/h4-11,18,24H,3,12H2,1-2H3/b19-17+. The van der Waals surface area contributed by atoms with E-state index >= 15 is 0 Å². The molecule has 0 aromatic heterocycles. The highest BCUT2D eigenvalue weighted by atomic mass is 19.1. The van der Waals surface area contributed by atoms with Crippen molar-refractivity contribution >= 4 is 17.4 Å². The predicted octanol–water partition coefficient (Wildman–Crippen LogP) is 3.67. The quantitative estimate of drug-likeness (QED) is 0.496. The van der Waals surface area contributed by atoms with Gasteiger partial charge in [-0.15, -0.1) is 0 Å². The van der Waals surface area contributed by atoms with Gasteiger partial charge in [0.25, 0.3) is 11.7 Å². The number of carbonyl (C=O) groups is 2. The van der Waals surface area contributed by atoms with Crippen molar-refractivity contribution < 1.29 is 23.8 Å². The predicted molar refractivity (Wildman–Crippen MR) is 98.7 cm³/mol. The molecule has 0 bridgehead atoms. The summed E-state index contributed by atoms with van der Waals surface area (Å²) in [7, 11) is 1.51. The molecule has 0 spiro atoms. The van der Waals surface area contributed by atoms with Crippen LogP contribution in [0.2, 0.25) is 0 Å². The largest absolute Gasteiger partial charge is 0.507 e. The summed E-state index contributed by atoms with van der Waals surface area (Å²) >= 11 is 0. The average Bonchev–Trinajstić information content (AvgIpc) is 2.91. The Morgan fingerprint density at radius 2 is 1.74 bits per heavy atom. The van der Waals surface area contributed by atoms with E-state index in [0.29, 0.717) is 17.9 Å². The van der Waals surface area contributed by atoms with Gasteiger partial charge in [0.05, 0.1) is 18.2 Å². The molecule has 1 atom stereocenters. The van der Waals surface area contributed by atoms with Crippen molar-refractivity contribution in [1.82, 2.24) is 4.90 Å². The summed E-state index contributed by atoms with van der Waals surface area (Å²) in [4.78, 5) is 26.0. The minimum absolute atomic E-state index is 0.0173. The number of hydrogen-bond acceptors (Lipinski definition) is 4.